The molecule has 2 aromatic carbocycles. The van der Waals surface area contributed by atoms with Crippen LogP contribution in [0.3, 0.4) is 0 Å². The number of hydroxylamine groups is 1. The van der Waals surface area contributed by atoms with Gasteiger partial charge in [-0.2, -0.15) is 0 Å². The number of benzene rings is 2. The quantitative estimate of drug-likeness (QED) is 0.294. The molecule has 7 nitrogen and oxygen atoms in total. The van der Waals surface area contributed by atoms with Crippen LogP contribution in [-0.2, 0) is 22.8 Å². The summed E-state index contributed by atoms with van der Waals surface area (Å²) in [7, 11) is 0. The molecular weight excluding hydrogens is 436 g/mol. The number of hydrogen-bond donors (Lipinski definition) is 1. The predicted molar refractivity (Wildman–Crippen MR) is 118 cm³/mol. The van der Waals surface area contributed by atoms with Gasteiger partial charge in [0.15, 0.2) is 11.0 Å². The van der Waals surface area contributed by atoms with Crippen molar-refractivity contribution in [3.63, 3.8) is 0 Å². The molecule has 0 radical (unpaired) electrons. The third-order valence-corrected chi connectivity index (χ3v) is 5.53. The summed E-state index contributed by atoms with van der Waals surface area (Å²) in [6, 6.07) is 20.7. The molecule has 158 valence electrons. The van der Waals surface area contributed by atoms with Gasteiger partial charge in [-0.15, -0.1) is 10.2 Å². The van der Waals surface area contributed by atoms with Crippen molar-refractivity contribution in [1.82, 2.24) is 20.2 Å². The van der Waals surface area contributed by atoms with Gasteiger partial charge in [0, 0.05) is 10.6 Å². The Bertz CT molecular complexity index is 1120. The highest BCUT2D eigenvalue weighted by Gasteiger charge is 2.17. The summed E-state index contributed by atoms with van der Waals surface area (Å²) < 4.78 is 7.39. The zero-order valence-corrected chi connectivity index (χ0v) is 18.0. The van der Waals surface area contributed by atoms with E-state index in [4.69, 9.17) is 20.9 Å². The standard InChI is InChI=1S/C22H19ClN4O3S/c23-18-10-8-17(9-11-18)21-24-25-22(27(21)13-19-7-4-12-29-19)31-15-20(28)26-30-14-16-5-2-1-3-6-16/h1-12H,13-15H2,(H,26,28). The zero-order valence-electron chi connectivity index (χ0n) is 16.4. The second-order valence-corrected chi connectivity index (χ2v) is 7.95. The molecule has 0 fully saturated rings. The summed E-state index contributed by atoms with van der Waals surface area (Å²) in [5, 5.41) is 9.83. The van der Waals surface area contributed by atoms with Crippen molar-refractivity contribution in [2.75, 3.05) is 5.75 Å². The van der Waals surface area contributed by atoms with Gasteiger partial charge in [-0.1, -0.05) is 53.7 Å². The van der Waals surface area contributed by atoms with Crippen molar-refractivity contribution in [3.8, 4) is 11.4 Å². The Kier molecular flexibility index (Phi) is 7.03. The van der Waals surface area contributed by atoms with Crippen LogP contribution in [0, 0.1) is 0 Å². The van der Waals surface area contributed by atoms with E-state index in [0.717, 1.165) is 16.9 Å². The maximum absolute atomic E-state index is 12.2. The average Bonchev–Trinajstić information content (AvgIpc) is 3.44. The molecule has 0 spiro atoms. The van der Waals surface area contributed by atoms with Gasteiger partial charge in [0.25, 0.3) is 5.91 Å². The molecule has 31 heavy (non-hydrogen) atoms. The van der Waals surface area contributed by atoms with Gasteiger partial charge in [-0.05, 0) is 42.0 Å². The van der Waals surface area contributed by atoms with Crippen LogP contribution in [0.5, 0.6) is 0 Å². The first-order valence-corrected chi connectivity index (χ1v) is 10.8. The Hall–Kier alpha value is -3.07. The first-order valence-electron chi connectivity index (χ1n) is 9.48. The van der Waals surface area contributed by atoms with E-state index in [9.17, 15) is 4.79 Å². The first kappa shape index (κ1) is 21.2. The molecule has 2 heterocycles. The molecule has 0 saturated carbocycles. The molecule has 0 atom stereocenters. The fourth-order valence-electron chi connectivity index (χ4n) is 2.84. The first-order chi connectivity index (χ1) is 15.2. The van der Waals surface area contributed by atoms with Gasteiger partial charge >= 0.3 is 0 Å². The summed E-state index contributed by atoms with van der Waals surface area (Å²) in [5.74, 6) is 1.29. The Morgan fingerprint density at radius 1 is 1.06 bits per heavy atom. The van der Waals surface area contributed by atoms with Crippen LogP contribution in [-0.4, -0.2) is 26.4 Å². The highest BCUT2D eigenvalue weighted by atomic mass is 35.5. The van der Waals surface area contributed by atoms with Crippen molar-refractivity contribution in [2.45, 2.75) is 18.3 Å². The van der Waals surface area contributed by atoms with Crippen molar-refractivity contribution < 1.29 is 14.0 Å². The maximum atomic E-state index is 12.2. The third kappa shape index (κ3) is 5.75. The van der Waals surface area contributed by atoms with E-state index < -0.39 is 0 Å². The molecule has 9 heteroatoms. The van der Waals surface area contributed by atoms with E-state index in [2.05, 4.69) is 15.7 Å². The largest absolute Gasteiger partial charge is 0.467 e. The lowest BCUT2D eigenvalue weighted by atomic mass is 10.2. The minimum atomic E-state index is -0.262. The zero-order chi connectivity index (χ0) is 21.5. The number of rotatable bonds is 9. The topological polar surface area (TPSA) is 82.2 Å². The lowest BCUT2D eigenvalue weighted by Gasteiger charge is -2.09. The van der Waals surface area contributed by atoms with Crippen molar-refractivity contribution in [3.05, 3.63) is 89.3 Å². The van der Waals surface area contributed by atoms with Crippen LogP contribution in [0.2, 0.25) is 5.02 Å². The summed E-state index contributed by atoms with van der Waals surface area (Å²) in [4.78, 5) is 17.5. The Morgan fingerprint density at radius 2 is 1.87 bits per heavy atom. The molecule has 4 aromatic rings. The van der Waals surface area contributed by atoms with E-state index in [0.29, 0.717) is 29.2 Å². The van der Waals surface area contributed by atoms with Crippen molar-refractivity contribution >= 4 is 29.3 Å². The van der Waals surface area contributed by atoms with Crippen LogP contribution in [0.15, 0.2) is 82.6 Å². The van der Waals surface area contributed by atoms with E-state index in [1.807, 2.05) is 59.2 Å². The highest BCUT2D eigenvalue weighted by Crippen LogP contribution is 2.26. The fraction of sp³-hybridized carbons (Fsp3) is 0.136. The summed E-state index contributed by atoms with van der Waals surface area (Å²) >= 11 is 7.28. The van der Waals surface area contributed by atoms with Crippen LogP contribution in [0.4, 0.5) is 0 Å². The predicted octanol–water partition coefficient (Wildman–Crippen LogP) is 4.58. The van der Waals surface area contributed by atoms with E-state index in [1.54, 1.807) is 18.4 Å². The number of nitrogens with one attached hydrogen (secondary N) is 1. The molecule has 2 aromatic heterocycles. The smallest absolute Gasteiger partial charge is 0.254 e. The van der Waals surface area contributed by atoms with Gasteiger partial charge in [-0.25, -0.2) is 5.48 Å². The Balaban J connectivity index is 1.42. The SMILES string of the molecule is O=C(CSc1nnc(-c2ccc(Cl)cc2)n1Cc1ccco1)NOCc1ccccc1. The minimum absolute atomic E-state index is 0.131. The second-order valence-electron chi connectivity index (χ2n) is 6.57. The second kappa shape index (κ2) is 10.3. The van der Waals surface area contributed by atoms with Gasteiger partial charge in [-0.3, -0.25) is 14.2 Å². The van der Waals surface area contributed by atoms with Crippen molar-refractivity contribution in [1.29, 1.82) is 0 Å². The number of nitrogens with zero attached hydrogens (tertiary/aromatic N) is 3. The number of carbonyl (C=O) groups excluding carboxylic acids is 1. The normalized spacial score (nSPS) is 10.9. The number of amides is 1. The monoisotopic (exact) mass is 454 g/mol. The van der Waals surface area contributed by atoms with Gasteiger partial charge in [0.1, 0.15) is 5.76 Å². The summed E-state index contributed by atoms with van der Waals surface area (Å²) in [6.45, 7) is 0.735. The Morgan fingerprint density at radius 3 is 2.61 bits per heavy atom. The molecule has 0 aliphatic heterocycles. The summed E-state index contributed by atoms with van der Waals surface area (Å²) in [6.07, 6.45) is 1.62. The number of halogens is 1. The molecule has 0 aliphatic rings. The molecule has 1 amide bonds. The van der Waals surface area contributed by atoms with Gasteiger partial charge in [0.05, 0.1) is 25.2 Å². The molecule has 0 aliphatic carbocycles. The van der Waals surface area contributed by atoms with Crippen LogP contribution >= 0.6 is 23.4 Å². The molecule has 0 unspecified atom stereocenters. The average molecular weight is 455 g/mol. The number of carbonyl (C=O) groups is 1. The molecular formula is C22H19ClN4O3S. The molecule has 0 bridgehead atoms. The third-order valence-electron chi connectivity index (χ3n) is 4.31. The molecule has 1 N–H and O–H groups in total. The number of thioether (sulfide) groups is 1. The summed E-state index contributed by atoms with van der Waals surface area (Å²) in [5.41, 5.74) is 4.30. The lowest BCUT2D eigenvalue weighted by Crippen LogP contribution is -2.25. The van der Waals surface area contributed by atoms with E-state index in [1.165, 1.54) is 11.8 Å². The maximum Gasteiger partial charge on any atom is 0.254 e. The number of aromatic nitrogens is 3. The number of furan rings is 1. The van der Waals surface area contributed by atoms with Crippen LogP contribution in [0.25, 0.3) is 11.4 Å². The van der Waals surface area contributed by atoms with Gasteiger partial charge in [0.2, 0.25) is 0 Å². The highest BCUT2D eigenvalue weighted by molar-refractivity contribution is 7.99. The molecule has 0 saturated heterocycles. The minimum Gasteiger partial charge on any atom is -0.467 e. The van der Waals surface area contributed by atoms with E-state index in [-0.39, 0.29) is 11.7 Å². The van der Waals surface area contributed by atoms with Crippen LogP contribution < -0.4 is 5.48 Å². The van der Waals surface area contributed by atoms with Crippen LogP contribution in [0.1, 0.15) is 11.3 Å². The molecule has 4 rings (SSSR count). The van der Waals surface area contributed by atoms with Crippen molar-refractivity contribution in [2.24, 2.45) is 0 Å². The number of hydrogen-bond acceptors (Lipinski definition) is 6. The van der Waals surface area contributed by atoms with E-state index >= 15 is 0 Å². The van der Waals surface area contributed by atoms with Gasteiger partial charge < -0.3 is 4.42 Å². The fourth-order valence-corrected chi connectivity index (χ4v) is 3.69. The Labute approximate surface area is 188 Å². The lowest BCUT2D eigenvalue weighted by molar-refractivity contribution is -0.131.